The van der Waals surface area contributed by atoms with E-state index in [0.29, 0.717) is 12.8 Å². The number of sulfonamides is 1. The number of Topliss-reactive ketones (excluding diaryl/α,β-unsaturated/α-hetero) is 1. The first-order valence-electron chi connectivity index (χ1n) is 14.6. The van der Waals surface area contributed by atoms with Gasteiger partial charge in [-0.05, 0) is 64.7 Å². The van der Waals surface area contributed by atoms with Crippen LogP contribution in [0.25, 0.3) is 0 Å². The van der Waals surface area contributed by atoms with Crippen LogP contribution in [0.2, 0.25) is 0 Å². The molecular weight excluding hydrogens is 540 g/mol. The van der Waals surface area contributed by atoms with E-state index in [1.165, 1.54) is 0 Å². The molecule has 0 radical (unpaired) electrons. The van der Waals surface area contributed by atoms with Gasteiger partial charge in [0, 0.05) is 0 Å². The molecule has 3 fully saturated rings. The highest BCUT2D eigenvalue weighted by Crippen LogP contribution is 2.55. The maximum absolute atomic E-state index is 14.0. The summed E-state index contributed by atoms with van der Waals surface area (Å²) < 4.78 is 36.0. The van der Waals surface area contributed by atoms with Crippen LogP contribution < -0.4 is 4.72 Å². The number of ketones is 1. The highest BCUT2D eigenvalue weighted by molar-refractivity contribution is 7.89. The second-order valence-electron chi connectivity index (χ2n) is 12.7. The predicted molar refractivity (Wildman–Crippen MR) is 155 cm³/mol. The third kappa shape index (κ3) is 5.46. The molecule has 0 unspecified atom stereocenters. The Kier molecular flexibility index (Phi) is 7.89. The third-order valence-electron chi connectivity index (χ3n) is 8.77. The molecule has 0 spiro atoms. The van der Waals surface area contributed by atoms with Gasteiger partial charge in [0.2, 0.25) is 15.9 Å². The van der Waals surface area contributed by atoms with Crippen LogP contribution >= 0.6 is 0 Å². The SMILES string of the molecule is CC(C)c1cc(C(C)C)c(S(=O)(=O)N[C@H]2C(=O)[C@@H](C(=O)N3C(=O)OC[C@@H]3Cc3ccccc3)[C@H]3C[C@H]32)c(C(C)C)c1. The third-order valence-corrected chi connectivity index (χ3v) is 10.3. The number of carbonyl (C=O) groups excluding carboxylic acids is 3. The number of fused-ring (bicyclic) bond motifs is 1. The molecule has 5 rings (SSSR count). The number of carbonyl (C=O) groups is 3. The Morgan fingerprint density at radius 1 is 0.951 bits per heavy atom. The molecule has 220 valence electrons. The van der Waals surface area contributed by atoms with Crippen LogP contribution in [0.4, 0.5) is 4.79 Å². The second-order valence-corrected chi connectivity index (χ2v) is 14.3. The van der Waals surface area contributed by atoms with Crippen LogP contribution in [0.1, 0.15) is 88.0 Å². The number of rotatable bonds is 9. The van der Waals surface area contributed by atoms with Crippen LogP contribution in [-0.4, -0.2) is 49.8 Å². The summed E-state index contributed by atoms with van der Waals surface area (Å²) in [7, 11) is -4.09. The average Bonchev–Trinajstić information content (AvgIpc) is 3.53. The van der Waals surface area contributed by atoms with Gasteiger partial charge >= 0.3 is 6.09 Å². The van der Waals surface area contributed by atoms with Gasteiger partial charge in [0.25, 0.3) is 0 Å². The molecule has 2 aromatic carbocycles. The number of cyclic esters (lactones) is 1. The Morgan fingerprint density at radius 3 is 2.12 bits per heavy atom. The van der Waals surface area contributed by atoms with Crippen LogP contribution in [0.3, 0.4) is 0 Å². The zero-order valence-electron chi connectivity index (χ0n) is 24.6. The van der Waals surface area contributed by atoms with Gasteiger partial charge < -0.3 is 4.74 Å². The lowest BCUT2D eigenvalue weighted by atomic mass is 9.89. The van der Waals surface area contributed by atoms with Gasteiger partial charge in [-0.1, -0.05) is 84.0 Å². The summed E-state index contributed by atoms with van der Waals surface area (Å²) in [6.07, 6.45) is 0.228. The van der Waals surface area contributed by atoms with Crippen molar-refractivity contribution in [2.24, 2.45) is 17.8 Å². The van der Waals surface area contributed by atoms with Crippen molar-refractivity contribution in [3.05, 3.63) is 64.7 Å². The molecule has 2 saturated carbocycles. The Labute approximate surface area is 242 Å². The van der Waals surface area contributed by atoms with E-state index in [0.717, 1.165) is 27.2 Å². The topological polar surface area (TPSA) is 110 Å². The zero-order valence-corrected chi connectivity index (χ0v) is 25.4. The molecule has 2 aliphatic carbocycles. The summed E-state index contributed by atoms with van der Waals surface area (Å²) in [5.74, 6) is -2.54. The first-order valence-corrected chi connectivity index (χ1v) is 16.1. The smallest absolute Gasteiger partial charge is 0.417 e. The van der Waals surface area contributed by atoms with Crippen molar-refractivity contribution < 1.29 is 27.5 Å². The highest BCUT2D eigenvalue weighted by atomic mass is 32.2. The van der Waals surface area contributed by atoms with E-state index in [1.54, 1.807) is 0 Å². The minimum Gasteiger partial charge on any atom is -0.447 e. The van der Waals surface area contributed by atoms with E-state index in [-0.39, 0.29) is 41.1 Å². The molecule has 1 N–H and O–H groups in total. The molecule has 0 bridgehead atoms. The first kappa shape index (κ1) is 29.5. The van der Waals surface area contributed by atoms with Gasteiger partial charge in [-0.2, -0.15) is 0 Å². The largest absolute Gasteiger partial charge is 0.447 e. The molecule has 2 amide bonds. The van der Waals surface area contributed by atoms with Crippen molar-refractivity contribution in [2.45, 2.75) is 89.1 Å². The summed E-state index contributed by atoms with van der Waals surface area (Å²) in [6.45, 7) is 12.1. The minimum absolute atomic E-state index is 0.0530. The minimum atomic E-state index is -4.09. The molecule has 0 aromatic heterocycles. The summed E-state index contributed by atoms with van der Waals surface area (Å²) >= 11 is 0. The maximum Gasteiger partial charge on any atom is 0.417 e. The van der Waals surface area contributed by atoms with Gasteiger partial charge in [-0.25, -0.2) is 22.8 Å². The summed E-state index contributed by atoms with van der Waals surface area (Å²) in [5.41, 5.74) is 3.47. The number of imide groups is 1. The molecule has 1 heterocycles. The number of ether oxygens (including phenoxy) is 1. The maximum atomic E-state index is 14.0. The molecule has 2 aromatic rings. The lowest BCUT2D eigenvalue weighted by Gasteiger charge is -2.25. The number of hydrogen-bond acceptors (Lipinski definition) is 6. The quantitative estimate of drug-likeness (QED) is 0.412. The summed E-state index contributed by atoms with van der Waals surface area (Å²) in [6, 6.07) is 11.9. The van der Waals surface area contributed by atoms with Gasteiger partial charge in [-0.15, -0.1) is 0 Å². The number of hydrogen-bond donors (Lipinski definition) is 1. The van der Waals surface area contributed by atoms with E-state index in [9.17, 15) is 22.8 Å². The molecule has 3 aliphatic rings. The van der Waals surface area contributed by atoms with Crippen molar-refractivity contribution in [2.75, 3.05) is 6.61 Å². The Bertz CT molecular complexity index is 1440. The van der Waals surface area contributed by atoms with Crippen molar-refractivity contribution in [1.29, 1.82) is 0 Å². The summed E-state index contributed by atoms with van der Waals surface area (Å²) in [5, 5.41) is 0. The van der Waals surface area contributed by atoms with Crippen molar-refractivity contribution >= 4 is 27.8 Å². The number of nitrogens with zero attached hydrogens (tertiary/aromatic N) is 1. The molecule has 8 nitrogen and oxygen atoms in total. The number of amides is 2. The Balaban J connectivity index is 1.41. The van der Waals surface area contributed by atoms with Crippen molar-refractivity contribution in [1.82, 2.24) is 9.62 Å². The van der Waals surface area contributed by atoms with Crippen molar-refractivity contribution in [3.8, 4) is 0 Å². The first-order chi connectivity index (χ1) is 19.3. The normalized spacial score (nSPS) is 25.8. The van der Waals surface area contributed by atoms with Gasteiger partial charge in [0.05, 0.1) is 17.0 Å². The lowest BCUT2D eigenvalue weighted by molar-refractivity contribution is -0.139. The fraction of sp³-hybridized carbons (Fsp3) is 0.531. The van der Waals surface area contributed by atoms with E-state index in [1.807, 2.05) is 70.2 Å². The molecule has 5 atom stereocenters. The molecular formula is C32H40N2O6S. The van der Waals surface area contributed by atoms with E-state index in [4.69, 9.17) is 4.74 Å². The lowest BCUT2D eigenvalue weighted by Crippen LogP contribution is -2.48. The van der Waals surface area contributed by atoms with Crippen molar-refractivity contribution in [3.63, 3.8) is 0 Å². The fourth-order valence-electron chi connectivity index (χ4n) is 6.41. The Morgan fingerprint density at radius 2 is 1.56 bits per heavy atom. The van der Waals surface area contributed by atoms with Gasteiger partial charge in [0.1, 0.15) is 12.5 Å². The van der Waals surface area contributed by atoms with Gasteiger partial charge in [0.15, 0.2) is 5.78 Å². The monoisotopic (exact) mass is 580 g/mol. The molecule has 1 saturated heterocycles. The second kappa shape index (κ2) is 11.0. The molecule has 9 heteroatoms. The van der Waals surface area contributed by atoms with Crippen LogP contribution in [0.15, 0.2) is 47.4 Å². The molecule has 1 aliphatic heterocycles. The van der Waals surface area contributed by atoms with E-state index < -0.39 is 45.8 Å². The molecule has 41 heavy (non-hydrogen) atoms. The summed E-state index contributed by atoms with van der Waals surface area (Å²) in [4.78, 5) is 41.3. The van der Waals surface area contributed by atoms with E-state index in [2.05, 4.69) is 18.6 Å². The van der Waals surface area contributed by atoms with Crippen LogP contribution in [0, 0.1) is 17.8 Å². The number of benzene rings is 2. The Hall–Kier alpha value is -3.04. The van der Waals surface area contributed by atoms with E-state index >= 15 is 0 Å². The van der Waals surface area contributed by atoms with Crippen LogP contribution in [0.5, 0.6) is 0 Å². The zero-order chi connectivity index (χ0) is 29.8. The number of nitrogens with one attached hydrogen (secondary N) is 1. The predicted octanol–water partition coefficient (Wildman–Crippen LogP) is 5.13. The van der Waals surface area contributed by atoms with Gasteiger partial charge in [-0.3, -0.25) is 9.59 Å². The standard InChI is InChI=1S/C32H40N2O6S/c1-17(2)21-13-23(18(3)4)30(24(14-21)19(5)6)41(38,39)33-28-26-15-25(26)27(29(28)35)31(36)34-22(16-40-32(34)37)12-20-10-8-7-9-11-20/h7-11,13-14,17-19,22,25-28,33H,12,15-16H2,1-6H3/t22-,25-,26+,27-,28+/m0/s1. The fourth-order valence-corrected chi connectivity index (χ4v) is 8.36. The van der Waals surface area contributed by atoms with Crippen LogP contribution in [-0.2, 0) is 30.8 Å². The highest BCUT2D eigenvalue weighted by Gasteiger charge is 2.64. The average molecular weight is 581 g/mol.